The molecule has 2 heterocycles. The molecular weight excluding hydrogens is 529 g/mol. The summed E-state index contributed by atoms with van der Waals surface area (Å²) in [7, 11) is -1.44. The van der Waals surface area contributed by atoms with E-state index in [1.807, 2.05) is 30.3 Å². The summed E-state index contributed by atoms with van der Waals surface area (Å²) in [5.74, 6) is -1.04. The maximum atomic E-state index is 15.2. The molecule has 0 radical (unpaired) electrons. The van der Waals surface area contributed by atoms with Crippen molar-refractivity contribution in [2.24, 2.45) is 0 Å². The maximum absolute atomic E-state index is 15.2. The van der Waals surface area contributed by atoms with Gasteiger partial charge in [0.05, 0.1) is 25.9 Å². The van der Waals surface area contributed by atoms with Crippen molar-refractivity contribution in [3.8, 4) is 11.5 Å². The molecule has 5 rings (SSSR count). The Balaban J connectivity index is 1.25. The fourth-order valence-corrected chi connectivity index (χ4v) is 7.45. The molecule has 3 aromatic rings. The molecule has 11 heteroatoms. The van der Waals surface area contributed by atoms with Crippen LogP contribution >= 0.6 is 7.37 Å². The van der Waals surface area contributed by atoms with Gasteiger partial charge in [0, 0.05) is 24.8 Å². The van der Waals surface area contributed by atoms with Crippen molar-refractivity contribution in [2.75, 3.05) is 37.4 Å². The number of anilines is 1. The maximum Gasteiger partial charge on any atom is 0.414 e. The number of carbonyl (C=O) groups excluding carboxylic acids is 2. The van der Waals surface area contributed by atoms with E-state index in [9.17, 15) is 14.2 Å². The van der Waals surface area contributed by atoms with Crippen molar-refractivity contribution < 1.29 is 36.9 Å². The Morgan fingerprint density at radius 3 is 2.28 bits per heavy atom. The molecule has 1 atom stereocenters. The van der Waals surface area contributed by atoms with Crippen LogP contribution in [0.3, 0.4) is 0 Å². The average Bonchev–Trinajstić information content (AvgIpc) is 3.28. The van der Waals surface area contributed by atoms with Crippen LogP contribution in [0.2, 0.25) is 0 Å². The van der Waals surface area contributed by atoms with Crippen LogP contribution in [0.25, 0.3) is 10.8 Å². The van der Waals surface area contributed by atoms with E-state index in [4.69, 9.17) is 14.0 Å². The third-order valence-corrected chi connectivity index (χ3v) is 9.59. The molecule has 206 valence electrons. The summed E-state index contributed by atoms with van der Waals surface area (Å²) >= 11 is 0. The second-order valence-electron chi connectivity index (χ2n) is 9.88. The Morgan fingerprint density at radius 2 is 1.67 bits per heavy atom. The van der Waals surface area contributed by atoms with Crippen LogP contribution in [-0.2, 0) is 14.1 Å². The number of nitrogens with one attached hydrogen (secondary N) is 1. The van der Waals surface area contributed by atoms with Crippen LogP contribution in [0.4, 0.5) is 19.3 Å². The van der Waals surface area contributed by atoms with Crippen molar-refractivity contribution in [1.82, 2.24) is 5.32 Å². The molecule has 3 aromatic carbocycles. The Kier molecular flexibility index (Phi) is 7.49. The number of cyclic esters (lactones) is 1. The summed E-state index contributed by atoms with van der Waals surface area (Å²) in [5.41, 5.74) is -0.0326. The number of nitrogens with zero attached hydrogens (tertiary/aromatic N) is 1. The Labute approximate surface area is 224 Å². The van der Waals surface area contributed by atoms with Gasteiger partial charge in [-0.25, -0.2) is 13.6 Å². The Bertz CT molecular complexity index is 1450. The smallest absolute Gasteiger partial charge is 0.414 e. The Hall–Kier alpha value is -3.65. The highest BCUT2D eigenvalue weighted by Gasteiger charge is 2.37. The van der Waals surface area contributed by atoms with E-state index in [1.54, 1.807) is 13.2 Å². The summed E-state index contributed by atoms with van der Waals surface area (Å²) in [5, 5.41) is 4.44. The molecule has 0 aromatic heterocycles. The number of ether oxygens (including phenoxy) is 2. The molecule has 1 N–H and O–H groups in total. The van der Waals surface area contributed by atoms with Crippen molar-refractivity contribution >= 4 is 35.8 Å². The van der Waals surface area contributed by atoms with Gasteiger partial charge in [0.1, 0.15) is 29.2 Å². The number of amides is 2. The molecular formula is C28H29F2N2O6P. The monoisotopic (exact) mass is 558 g/mol. The zero-order valence-corrected chi connectivity index (χ0v) is 22.5. The fourth-order valence-electron chi connectivity index (χ4n) is 5.13. The van der Waals surface area contributed by atoms with Gasteiger partial charge in [-0.15, -0.1) is 0 Å². The lowest BCUT2D eigenvalue weighted by Gasteiger charge is -2.30. The minimum absolute atomic E-state index is 0.0443. The first-order valence-corrected chi connectivity index (χ1v) is 14.7. The van der Waals surface area contributed by atoms with Gasteiger partial charge in [-0.05, 0) is 65.9 Å². The van der Waals surface area contributed by atoms with Gasteiger partial charge in [-0.3, -0.25) is 14.3 Å². The molecule has 0 spiro atoms. The molecule has 0 bridgehead atoms. The molecule has 2 saturated heterocycles. The summed E-state index contributed by atoms with van der Waals surface area (Å²) in [4.78, 5) is 24.5. The number of rotatable bonds is 7. The Morgan fingerprint density at radius 1 is 1.05 bits per heavy atom. The minimum Gasteiger partial charge on any atom is -0.497 e. The number of benzene rings is 3. The molecule has 0 aliphatic carbocycles. The number of methoxy groups -OCH3 is 1. The first kappa shape index (κ1) is 26.9. The third-order valence-electron chi connectivity index (χ3n) is 7.16. The average molecular weight is 559 g/mol. The number of hydrogen-bond donors (Lipinski definition) is 1. The predicted octanol–water partition coefficient (Wildman–Crippen LogP) is 5.82. The summed E-state index contributed by atoms with van der Waals surface area (Å²) in [6.45, 7) is 1.51. The van der Waals surface area contributed by atoms with Crippen LogP contribution in [0.5, 0.6) is 11.5 Å². The number of fused-ring (bicyclic) bond motifs is 1. The van der Waals surface area contributed by atoms with E-state index in [0.29, 0.717) is 18.6 Å². The summed E-state index contributed by atoms with van der Waals surface area (Å²) < 4.78 is 60.2. The van der Waals surface area contributed by atoms with E-state index in [2.05, 4.69) is 5.32 Å². The first-order chi connectivity index (χ1) is 18.6. The van der Waals surface area contributed by atoms with Crippen LogP contribution in [0.1, 0.15) is 31.2 Å². The fraction of sp³-hybridized carbons (Fsp3) is 0.357. The van der Waals surface area contributed by atoms with Crippen LogP contribution in [-0.4, -0.2) is 50.6 Å². The van der Waals surface area contributed by atoms with Crippen molar-refractivity contribution in [3.05, 3.63) is 65.7 Å². The van der Waals surface area contributed by atoms with Gasteiger partial charge in [-0.1, -0.05) is 12.1 Å². The second-order valence-corrected chi connectivity index (χ2v) is 12.6. The summed E-state index contributed by atoms with van der Waals surface area (Å²) in [6, 6.07) is 13.3. The highest BCUT2D eigenvalue weighted by molar-refractivity contribution is 7.59. The summed E-state index contributed by atoms with van der Waals surface area (Å²) in [6.07, 6.45) is -0.352. The van der Waals surface area contributed by atoms with Gasteiger partial charge in [0.25, 0.3) is 0 Å². The van der Waals surface area contributed by atoms with Gasteiger partial charge < -0.3 is 19.3 Å². The van der Waals surface area contributed by atoms with Gasteiger partial charge in [0.15, 0.2) is 0 Å². The van der Waals surface area contributed by atoms with E-state index >= 15 is 8.78 Å². The normalized spacial score (nSPS) is 23.0. The number of carbonyl (C=O) groups is 2. The van der Waals surface area contributed by atoms with Crippen LogP contribution in [0.15, 0.2) is 48.5 Å². The van der Waals surface area contributed by atoms with E-state index in [1.165, 1.54) is 6.92 Å². The highest BCUT2D eigenvalue weighted by Crippen LogP contribution is 2.55. The van der Waals surface area contributed by atoms with Crippen molar-refractivity contribution in [2.45, 2.75) is 31.8 Å². The number of halogens is 2. The number of hydrogen-bond acceptors (Lipinski definition) is 6. The minimum atomic E-state index is -3.04. The zero-order valence-electron chi connectivity index (χ0n) is 21.6. The van der Waals surface area contributed by atoms with E-state index in [-0.39, 0.29) is 42.6 Å². The van der Waals surface area contributed by atoms with Gasteiger partial charge in [0.2, 0.25) is 13.3 Å². The molecule has 2 amide bonds. The predicted molar refractivity (Wildman–Crippen MR) is 143 cm³/mol. The third kappa shape index (κ3) is 5.86. The second kappa shape index (κ2) is 10.8. The van der Waals surface area contributed by atoms with Crippen LogP contribution in [0, 0.1) is 11.6 Å². The topological polar surface area (TPSA) is 94.2 Å². The molecule has 2 aliphatic heterocycles. The van der Waals surface area contributed by atoms with Crippen LogP contribution < -0.4 is 19.5 Å². The van der Waals surface area contributed by atoms with Gasteiger partial charge >= 0.3 is 6.09 Å². The van der Waals surface area contributed by atoms with Crippen molar-refractivity contribution in [1.29, 1.82) is 0 Å². The molecule has 8 nitrogen and oxygen atoms in total. The first-order valence-electron chi connectivity index (χ1n) is 12.7. The highest BCUT2D eigenvalue weighted by atomic mass is 31.2. The molecule has 0 unspecified atom stereocenters. The van der Waals surface area contributed by atoms with E-state index in [0.717, 1.165) is 33.6 Å². The molecule has 2 aliphatic rings. The van der Waals surface area contributed by atoms with E-state index < -0.39 is 37.1 Å². The lowest BCUT2D eigenvalue weighted by atomic mass is 9.92. The molecule has 0 saturated carbocycles. The lowest BCUT2D eigenvalue weighted by molar-refractivity contribution is -0.119. The largest absolute Gasteiger partial charge is 0.497 e. The van der Waals surface area contributed by atoms with Gasteiger partial charge in [-0.2, -0.15) is 0 Å². The molecule has 39 heavy (non-hydrogen) atoms. The zero-order chi connectivity index (χ0) is 27.7. The SMILES string of the molecule is COc1ccc2cc(OP3(=O)CCC(c4c(F)cc(N5C[C@H](CNC(C)=O)OC5=O)cc4F)CC3)ccc2c1. The quantitative estimate of drug-likeness (QED) is 0.367. The standard InChI is InChI=1S/C28H29F2N2O6P/c1-17(33)31-15-24-16-32(28(34)37-24)21-13-25(29)27(26(30)14-21)18-7-9-39(35,10-8-18)38-23-6-4-19-11-22(36-2)5-3-20(19)12-23/h3-6,11-14,18,24H,7-10,15-16H2,1-2H3,(H,31,33)/t18?,24-,39?/m0/s1. The van der Waals surface area contributed by atoms with Crippen molar-refractivity contribution in [3.63, 3.8) is 0 Å². The molecule has 2 fully saturated rings. The lowest BCUT2D eigenvalue weighted by Crippen LogP contribution is -2.33.